The number of rotatable bonds is 8. The molecule has 1 unspecified atom stereocenters. The molecule has 2 aromatic heterocycles. The number of morpholine rings is 1. The van der Waals surface area contributed by atoms with Crippen molar-refractivity contribution in [3.05, 3.63) is 30.6 Å². The monoisotopic (exact) mass is 506 g/mol. The number of imidazole rings is 1. The van der Waals surface area contributed by atoms with Crippen LogP contribution in [0.25, 0.3) is 11.2 Å². The molecule has 11 nitrogen and oxygen atoms in total. The van der Waals surface area contributed by atoms with Gasteiger partial charge in [0, 0.05) is 57.1 Å². The molecule has 3 saturated heterocycles. The van der Waals surface area contributed by atoms with Crippen LogP contribution in [0.15, 0.2) is 30.6 Å². The van der Waals surface area contributed by atoms with Crippen molar-refractivity contribution < 1.29 is 14.6 Å². The maximum atomic E-state index is 12.1. The van der Waals surface area contributed by atoms with Crippen LogP contribution in [-0.2, 0) is 16.1 Å². The maximum absolute atomic E-state index is 12.1. The van der Waals surface area contributed by atoms with Gasteiger partial charge in [-0.3, -0.25) is 4.79 Å². The molecule has 5 heterocycles. The van der Waals surface area contributed by atoms with E-state index in [2.05, 4.69) is 44.4 Å². The molecule has 0 spiro atoms. The van der Waals surface area contributed by atoms with Crippen LogP contribution in [-0.4, -0.2) is 94.0 Å². The Hall–Kier alpha value is -3.44. The largest absolute Gasteiger partial charge is 0.394 e. The number of carbonyl (C=O) groups excluding carboxylic acids is 1. The van der Waals surface area contributed by atoms with Crippen LogP contribution in [0.3, 0.4) is 0 Å². The average molecular weight is 507 g/mol. The van der Waals surface area contributed by atoms with Crippen molar-refractivity contribution >= 4 is 40.2 Å². The summed E-state index contributed by atoms with van der Waals surface area (Å²) < 4.78 is 7.47. The van der Waals surface area contributed by atoms with Crippen molar-refractivity contribution in [1.29, 1.82) is 0 Å². The number of amides is 1. The molecule has 2 N–H and O–H groups in total. The van der Waals surface area contributed by atoms with Gasteiger partial charge in [-0.2, -0.15) is 9.97 Å². The lowest BCUT2D eigenvalue weighted by molar-refractivity contribution is -0.127. The third kappa shape index (κ3) is 4.93. The standard InChI is InChI=1S/C26H34N8O3/c35-17-21-3-1-10-34(21)26-29-24(28-19-5-7-20(8-6-19)31-13-15-37-16-14-31)23-25(30-26)33(18-27-23)12-11-32-9-2-4-22(32)36/h5-8,18,21,35H,1-4,9-17H2,(H,28,29,30). The van der Waals surface area contributed by atoms with Crippen LogP contribution in [0.5, 0.6) is 0 Å². The Balaban J connectivity index is 1.29. The Morgan fingerprint density at radius 1 is 1.03 bits per heavy atom. The van der Waals surface area contributed by atoms with Crippen molar-refractivity contribution in [2.24, 2.45) is 0 Å². The number of carbonyl (C=O) groups is 1. The van der Waals surface area contributed by atoms with E-state index >= 15 is 0 Å². The summed E-state index contributed by atoms with van der Waals surface area (Å²) in [5, 5.41) is 13.4. The summed E-state index contributed by atoms with van der Waals surface area (Å²) in [6.45, 7) is 6.24. The Kier molecular flexibility index (Phi) is 6.79. The summed E-state index contributed by atoms with van der Waals surface area (Å²) in [5.74, 6) is 1.44. The minimum absolute atomic E-state index is 0.0108. The number of likely N-dealkylation sites (tertiary alicyclic amines) is 1. The molecule has 3 aliphatic rings. The zero-order chi connectivity index (χ0) is 25.2. The Bertz CT molecular complexity index is 1240. The molecule has 0 bridgehead atoms. The van der Waals surface area contributed by atoms with E-state index in [-0.39, 0.29) is 18.6 Å². The summed E-state index contributed by atoms with van der Waals surface area (Å²) in [4.78, 5) is 32.9. The minimum atomic E-state index is 0.0108. The van der Waals surface area contributed by atoms with Crippen molar-refractivity contribution in [3.8, 4) is 0 Å². The number of aliphatic hydroxyl groups excluding tert-OH is 1. The molecule has 1 atom stereocenters. The van der Waals surface area contributed by atoms with E-state index in [0.29, 0.717) is 36.8 Å². The highest BCUT2D eigenvalue weighted by molar-refractivity contribution is 5.87. The van der Waals surface area contributed by atoms with E-state index in [1.54, 1.807) is 6.33 Å². The van der Waals surface area contributed by atoms with Crippen molar-refractivity contribution in [1.82, 2.24) is 24.4 Å². The minimum Gasteiger partial charge on any atom is -0.394 e. The second-order valence-electron chi connectivity index (χ2n) is 9.91. The molecule has 3 fully saturated rings. The molecule has 6 rings (SSSR count). The molecule has 0 radical (unpaired) electrons. The van der Waals surface area contributed by atoms with E-state index in [4.69, 9.17) is 14.7 Å². The van der Waals surface area contributed by atoms with E-state index < -0.39 is 0 Å². The van der Waals surface area contributed by atoms with Gasteiger partial charge in [0.2, 0.25) is 11.9 Å². The fourth-order valence-electron chi connectivity index (χ4n) is 5.48. The van der Waals surface area contributed by atoms with E-state index in [1.807, 2.05) is 9.47 Å². The van der Waals surface area contributed by atoms with Gasteiger partial charge in [-0.25, -0.2) is 4.98 Å². The summed E-state index contributed by atoms with van der Waals surface area (Å²) in [6, 6.07) is 8.35. The summed E-state index contributed by atoms with van der Waals surface area (Å²) in [7, 11) is 0. The fraction of sp³-hybridized carbons (Fsp3) is 0.538. The second kappa shape index (κ2) is 10.5. The Labute approximate surface area is 216 Å². The molecular formula is C26H34N8O3. The van der Waals surface area contributed by atoms with Gasteiger partial charge in [-0.1, -0.05) is 0 Å². The van der Waals surface area contributed by atoms with Gasteiger partial charge in [0.25, 0.3) is 0 Å². The normalized spacial score (nSPS) is 20.4. The molecule has 0 aliphatic carbocycles. The van der Waals surface area contributed by atoms with Crippen LogP contribution < -0.4 is 15.1 Å². The number of anilines is 4. The van der Waals surface area contributed by atoms with Gasteiger partial charge in [0.1, 0.15) is 0 Å². The number of nitrogens with zero attached hydrogens (tertiary/aromatic N) is 7. The number of nitrogens with one attached hydrogen (secondary N) is 1. The van der Waals surface area contributed by atoms with Gasteiger partial charge in [-0.15, -0.1) is 0 Å². The van der Waals surface area contributed by atoms with Gasteiger partial charge in [0.15, 0.2) is 17.0 Å². The molecular weight excluding hydrogens is 472 g/mol. The third-order valence-electron chi connectivity index (χ3n) is 7.59. The summed E-state index contributed by atoms with van der Waals surface area (Å²) >= 11 is 0. The Morgan fingerprint density at radius 2 is 1.86 bits per heavy atom. The van der Waals surface area contributed by atoms with Crippen LogP contribution in [0.2, 0.25) is 0 Å². The quantitative estimate of drug-likeness (QED) is 0.474. The predicted octanol–water partition coefficient (Wildman–Crippen LogP) is 1.99. The molecule has 3 aliphatic heterocycles. The highest BCUT2D eigenvalue weighted by Gasteiger charge is 2.28. The number of hydrogen-bond acceptors (Lipinski definition) is 9. The first-order valence-electron chi connectivity index (χ1n) is 13.3. The summed E-state index contributed by atoms with van der Waals surface area (Å²) in [5.41, 5.74) is 3.51. The van der Waals surface area contributed by atoms with Gasteiger partial charge >= 0.3 is 0 Å². The lowest BCUT2D eigenvalue weighted by Gasteiger charge is -2.29. The summed E-state index contributed by atoms with van der Waals surface area (Å²) in [6.07, 6.45) is 5.25. The fourth-order valence-corrected chi connectivity index (χ4v) is 5.48. The van der Waals surface area contributed by atoms with Crippen LogP contribution in [0.4, 0.5) is 23.1 Å². The van der Waals surface area contributed by atoms with E-state index in [9.17, 15) is 9.90 Å². The van der Waals surface area contributed by atoms with E-state index in [1.165, 1.54) is 5.69 Å². The van der Waals surface area contributed by atoms with Gasteiger partial charge in [0.05, 0.1) is 32.2 Å². The van der Waals surface area contributed by atoms with Crippen LogP contribution in [0.1, 0.15) is 25.7 Å². The first-order chi connectivity index (χ1) is 18.2. The van der Waals surface area contributed by atoms with Crippen LogP contribution in [0, 0.1) is 0 Å². The average Bonchev–Trinajstić information content (AvgIpc) is 3.68. The molecule has 196 valence electrons. The number of benzene rings is 1. The van der Waals surface area contributed by atoms with Crippen molar-refractivity contribution in [3.63, 3.8) is 0 Å². The molecule has 0 saturated carbocycles. The smallest absolute Gasteiger partial charge is 0.229 e. The number of ether oxygens (including phenoxy) is 1. The highest BCUT2D eigenvalue weighted by Crippen LogP contribution is 2.30. The first-order valence-corrected chi connectivity index (χ1v) is 13.3. The van der Waals surface area contributed by atoms with Crippen molar-refractivity contribution in [2.75, 3.05) is 67.7 Å². The van der Waals surface area contributed by atoms with Gasteiger partial charge in [-0.05, 0) is 43.5 Å². The van der Waals surface area contributed by atoms with Crippen molar-refractivity contribution in [2.45, 2.75) is 38.3 Å². The number of aliphatic hydroxyl groups is 1. The lowest BCUT2D eigenvalue weighted by atomic mass is 10.2. The number of fused-ring (bicyclic) bond motifs is 1. The maximum Gasteiger partial charge on any atom is 0.229 e. The van der Waals surface area contributed by atoms with Gasteiger partial charge < -0.3 is 34.4 Å². The second-order valence-corrected chi connectivity index (χ2v) is 9.91. The third-order valence-corrected chi connectivity index (χ3v) is 7.59. The first kappa shape index (κ1) is 23.9. The number of aromatic nitrogens is 4. The van der Waals surface area contributed by atoms with E-state index in [0.717, 1.165) is 70.0 Å². The molecule has 3 aromatic rings. The number of hydrogen-bond donors (Lipinski definition) is 2. The Morgan fingerprint density at radius 3 is 2.62 bits per heavy atom. The van der Waals surface area contributed by atoms with Crippen LogP contribution >= 0.6 is 0 Å². The molecule has 1 aromatic carbocycles. The predicted molar refractivity (Wildman–Crippen MR) is 141 cm³/mol. The molecule has 11 heteroatoms. The topological polar surface area (TPSA) is 112 Å². The zero-order valence-corrected chi connectivity index (χ0v) is 21.1. The lowest BCUT2D eigenvalue weighted by Crippen LogP contribution is -2.36. The molecule has 1 amide bonds. The highest BCUT2D eigenvalue weighted by atomic mass is 16.5. The zero-order valence-electron chi connectivity index (χ0n) is 21.1. The molecule has 37 heavy (non-hydrogen) atoms. The SMILES string of the molecule is O=C1CCCN1CCn1cnc2c(Nc3ccc(N4CCOCC4)cc3)nc(N3CCCC3CO)nc21.